The fourth-order valence-electron chi connectivity index (χ4n) is 2.90. The van der Waals surface area contributed by atoms with Crippen LogP contribution in [0.15, 0.2) is 18.2 Å². The van der Waals surface area contributed by atoms with Crippen LogP contribution in [0.5, 0.6) is 0 Å². The van der Waals surface area contributed by atoms with Gasteiger partial charge in [0.2, 0.25) is 11.8 Å². The molecule has 1 atom stereocenters. The van der Waals surface area contributed by atoms with Crippen LogP contribution < -0.4 is 10.6 Å². The highest BCUT2D eigenvalue weighted by Crippen LogP contribution is 2.33. The predicted molar refractivity (Wildman–Crippen MR) is 77.2 cm³/mol. The summed E-state index contributed by atoms with van der Waals surface area (Å²) in [6.07, 6.45) is -4.86. The van der Waals surface area contributed by atoms with Crippen molar-refractivity contribution < 1.29 is 32.3 Å². The van der Waals surface area contributed by atoms with Crippen LogP contribution in [0.3, 0.4) is 0 Å². The third-order valence-electron chi connectivity index (χ3n) is 4.09. The first kappa shape index (κ1) is 16.9. The van der Waals surface area contributed by atoms with Crippen molar-refractivity contribution >= 4 is 29.3 Å². The molecule has 4 amide bonds. The molecule has 0 saturated carbocycles. The third kappa shape index (κ3) is 3.06. The fourth-order valence-corrected chi connectivity index (χ4v) is 2.90. The first-order chi connectivity index (χ1) is 11.7. The van der Waals surface area contributed by atoms with Gasteiger partial charge >= 0.3 is 12.1 Å². The second-order valence-corrected chi connectivity index (χ2v) is 5.68. The molecule has 1 aromatic carbocycles. The number of amides is 4. The van der Waals surface area contributed by atoms with E-state index in [4.69, 9.17) is 0 Å². The molecule has 0 radical (unpaired) electrons. The first-order valence-electron chi connectivity index (χ1n) is 7.33. The number of benzene rings is 1. The van der Waals surface area contributed by atoms with E-state index in [0.717, 1.165) is 0 Å². The Bertz CT molecular complexity index is 791. The monoisotopic (exact) mass is 355 g/mol. The molecule has 2 N–H and O–H groups in total. The van der Waals surface area contributed by atoms with Gasteiger partial charge < -0.3 is 10.2 Å². The Balaban J connectivity index is 1.86. The van der Waals surface area contributed by atoms with Crippen molar-refractivity contribution in [2.24, 2.45) is 0 Å². The van der Waals surface area contributed by atoms with Gasteiger partial charge in [0, 0.05) is 29.8 Å². The Labute approximate surface area is 139 Å². The van der Waals surface area contributed by atoms with Crippen LogP contribution >= 0.6 is 0 Å². The Hall–Kier alpha value is -2.91. The molecule has 2 heterocycles. The maximum atomic E-state index is 12.5. The lowest BCUT2D eigenvalue weighted by atomic mass is 10.0. The van der Waals surface area contributed by atoms with E-state index in [2.05, 4.69) is 5.32 Å². The molecule has 1 saturated heterocycles. The molecular weight excluding hydrogens is 343 g/mol. The molecule has 1 unspecified atom stereocenters. The van der Waals surface area contributed by atoms with Crippen LogP contribution in [0, 0.1) is 0 Å². The molecule has 0 spiro atoms. The number of anilines is 1. The minimum absolute atomic E-state index is 0.0637. The van der Waals surface area contributed by atoms with Gasteiger partial charge in [-0.2, -0.15) is 13.2 Å². The van der Waals surface area contributed by atoms with Crippen molar-refractivity contribution in [3.05, 3.63) is 29.3 Å². The van der Waals surface area contributed by atoms with Crippen molar-refractivity contribution in [3.63, 3.8) is 0 Å². The third-order valence-corrected chi connectivity index (χ3v) is 4.09. The summed E-state index contributed by atoms with van der Waals surface area (Å²) < 4.78 is 37.3. The molecule has 132 valence electrons. The number of fused-ring (bicyclic) bond motifs is 1. The Kier molecular flexibility index (Phi) is 3.97. The first-order valence-corrected chi connectivity index (χ1v) is 7.33. The van der Waals surface area contributed by atoms with E-state index < -0.39 is 35.8 Å². The van der Waals surface area contributed by atoms with E-state index in [9.17, 15) is 32.3 Å². The van der Waals surface area contributed by atoms with E-state index in [-0.39, 0.29) is 36.2 Å². The summed E-state index contributed by atoms with van der Waals surface area (Å²) in [6.45, 7) is -0.130. The van der Waals surface area contributed by atoms with E-state index in [1.165, 1.54) is 23.1 Å². The van der Waals surface area contributed by atoms with E-state index in [0.29, 0.717) is 0 Å². The second kappa shape index (κ2) is 5.87. The summed E-state index contributed by atoms with van der Waals surface area (Å²) in [7, 11) is 0. The molecule has 1 fully saturated rings. The van der Waals surface area contributed by atoms with Gasteiger partial charge in [-0.05, 0) is 18.6 Å². The highest BCUT2D eigenvalue weighted by Gasteiger charge is 2.42. The molecule has 1 aromatic rings. The summed E-state index contributed by atoms with van der Waals surface area (Å²) >= 11 is 0. The molecule has 2 aliphatic rings. The summed E-state index contributed by atoms with van der Waals surface area (Å²) in [4.78, 5) is 48.0. The summed E-state index contributed by atoms with van der Waals surface area (Å²) in [5, 5.41) is 3.88. The largest absolute Gasteiger partial charge is 0.471 e. The summed E-state index contributed by atoms with van der Waals surface area (Å²) in [5.74, 6) is -3.75. The van der Waals surface area contributed by atoms with Gasteiger partial charge in [0.15, 0.2) is 0 Å². The highest BCUT2D eigenvalue weighted by atomic mass is 19.4. The lowest BCUT2D eigenvalue weighted by molar-refractivity contribution is -0.167. The molecule has 2 aliphatic heterocycles. The van der Waals surface area contributed by atoms with Gasteiger partial charge in [-0.1, -0.05) is 6.07 Å². The number of nitrogens with zero attached hydrogens (tertiary/aromatic N) is 1. The van der Waals surface area contributed by atoms with Crippen molar-refractivity contribution in [2.75, 3.05) is 5.32 Å². The zero-order chi connectivity index (χ0) is 18.4. The van der Waals surface area contributed by atoms with Crippen molar-refractivity contribution in [1.82, 2.24) is 10.2 Å². The van der Waals surface area contributed by atoms with Crippen LogP contribution in [0.2, 0.25) is 0 Å². The Morgan fingerprint density at radius 2 is 1.96 bits per heavy atom. The molecule has 3 rings (SSSR count). The van der Waals surface area contributed by atoms with Crippen molar-refractivity contribution in [3.8, 4) is 0 Å². The zero-order valence-electron chi connectivity index (χ0n) is 12.6. The second-order valence-electron chi connectivity index (χ2n) is 5.68. The lowest BCUT2D eigenvalue weighted by Gasteiger charge is -2.29. The maximum absolute atomic E-state index is 12.5. The topological polar surface area (TPSA) is 95.6 Å². The van der Waals surface area contributed by atoms with Gasteiger partial charge in [0.05, 0.1) is 0 Å². The predicted octanol–water partition coefficient (Wildman–Crippen LogP) is 0.948. The van der Waals surface area contributed by atoms with Crippen LogP contribution in [-0.4, -0.2) is 40.7 Å². The van der Waals surface area contributed by atoms with Gasteiger partial charge in [0.25, 0.3) is 5.91 Å². The zero-order valence-corrected chi connectivity index (χ0v) is 12.6. The number of halogens is 3. The van der Waals surface area contributed by atoms with E-state index >= 15 is 0 Å². The SMILES string of the molecule is O=C1CCC(N2Cc3c(NC(=O)C(F)(F)F)cccc3C2=O)C(=O)N1. The average Bonchev–Trinajstić information content (AvgIpc) is 2.85. The van der Waals surface area contributed by atoms with Crippen molar-refractivity contribution in [2.45, 2.75) is 31.6 Å². The molecule has 7 nitrogen and oxygen atoms in total. The number of hydrogen-bond donors (Lipinski definition) is 2. The quantitative estimate of drug-likeness (QED) is 0.772. The minimum Gasteiger partial charge on any atom is -0.322 e. The van der Waals surface area contributed by atoms with Gasteiger partial charge in [-0.25, -0.2) is 0 Å². The Morgan fingerprint density at radius 3 is 2.60 bits per heavy atom. The molecule has 0 aromatic heterocycles. The summed E-state index contributed by atoms with van der Waals surface area (Å²) in [5.41, 5.74) is 0.183. The fraction of sp³-hybridized carbons (Fsp3) is 0.333. The average molecular weight is 355 g/mol. The molecule has 0 aliphatic carbocycles. The van der Waals surface area contributed by atoms with E-state index in [1.807, 2.05) is 0 Å². The van der Waals surface area contributed by atoms with Crippen LogP contribution in [0.4, 0.5) is 18.9 Å². The van der Waals surface area contributed by atoms with Crippen LogP contribution in [0.1, 0.15) is 28.8 Å². The number of rotatable bonds is 2. The number of nitrogens with one attached hydrogen (secondary N) is 2. The molecular formula is C15H12F3N3O4. The van der Waals surface area contributed by atoms with Crippen molar-refractivity contribution in [1.29, 1.82) is 0 Å². The molecule has 10 heteroatoms. The van der Waals surface area contributed by atoms with Crippen LogP contribution in [0.25, 0.3) is 0 Å². The number of hydrogen-bond acceptors (Lipinski definition) is 4. The Morgan fingerprint density at radius 1 is 1.24 bits per heavy atom. The van der Waals surface area contributed by atoms with Crippen LogP contribution in [-0.2, 0) is 20.9 Å². The summed E-state index contributed by atoms with van der Waals surface area (Å²) in [6, 6.07) is 3.12. The number of carbonyl (C=O) groups is 4. The minimum atomic E-state index is -5.06. The standard InChI is InChI=1S/C15H12F3N3O4/c16-15(17,18)14(25)19-9-3-1-2-7-8(9)6-21(13(7)24)10-4-5-11(22)20-12(10)23/h1-3,10H,4-6H2,(H,19,25)(H,20,22,23). The molecule has 0 bridgehead atoms. The number of carbonyl (C=O) groups excluding carboxylic acids is 4. The smallest absolute Gasteiger partial charge is 0.322 e. The van der Waals surface area contributed by atoms with Gasteiger partial charge in [0.1, 0.15) is 6.04 Å². The number of imide groups is 1. The number of alkyl halides is 3. The van der Waals surface area contributed by atoms with Gasteiger partial charge in [-0.3, -0.25) is 24.5 Å². The van der Waals surface area contributed by atoms with E-state index in [1.54, 1.807) is 5.32 Å². The van der Waals surface area contributed by atoms with Gasteiger partial charge in [-0.15, -0.1) is 0 Å². The highest BCUT2D eigenvalue weighted by molar-refractivity contribution is 6.07. The normalized spacial score (nSPS) is 20.4. The lowest BCUT2D eigenvalue weighted by Crippen LogP contribution is -2.52. The molecule has 25 heavy (non-hydrogen) atoms. The number of piperidine rings is 1. The maximum Gasteiger partial charge on any atom is 0.471 e.